The molecule has 2 aliphatic rings. The summed E-state index contributed by atoms with van der Waals surface area (Å²) in [6.07, 6.45) is 12.7. The maximum Gasteiger partial charge on any atom is 0.0392 e. The normalized spacial score (nSPS) is 30.7. The molecule has 0 aliphatic heterocycles. The largest absolute Gasteiger partial charge is 0.0844 e. The van der Waals surface area contributed by atoms with Crippen molar-refractivity contribution in [1.29, 1.82) is 0 Å². The van der Waals surface area contributed by atoms with Crippen LogP contribution >= 0.6 is 11.6 Å². The first-order chi connectivity index (χ1) is 7.12. The summed E-state index contributed by atoms with van der Waals surface area (Å²) in [6, 6.07) is 0. The minimum Gasteiger partial charge on any atom is -0.0844 e. The maximum atomic E-state index is 6.11. The van der Waals surface area contributed by atoms with Gasteiger partial charge in [-0.15, -0.1) is 0 Å². The van der Waals surface area contributed by atoms with E-state index in [0.717, 1.165) is 11.0 Å². The molecule has 2 aliphatic carbocycles. The topological polar surface area (TPSA) is 0 Å². The summed E-state index contributed by atoms with van der Waals surface area (Å²) in [4.78, 5) is 0. The van der Waals surface area contributed by atoms with Crippen LogP contribution in [0.3, 0.4) is 0 Å². The molecule has 1 fully saturated rings. The van der Waals surface area contributed by atoms with Crippen molar-refractivity contribution in [3.63, 3.8) is 0 Å². The Balaban J connectivity index is 2.09. The lowest BCUT2D eigenvalue weighted by molar-refractivity contribution is 0.148. The second kappa shape index (κ2) is 4.33. The molecule has 0 amide bonds. The fraction of sp³-hybridized carbons (Fsp3) is 0.714. The Hall–Kier alpha value is -0.230. The summed E-state index contributed by atoms with van der Waals surface area (Å²) < 4.78 is 0. The van der Waals surface area contributed by atoms with Gasteiger partial charge in [0.1, 0.15) is 0 Å². The Morgan fingerprint density at radius 1 is 1.27 bits per heavy atom. The highest BCUT2D eigenvalue weighted by atomic mass is 35.5. The number of rotatable bonds is 1. The van der Waals surface area contributed by atoms with Crippen LogP contribution in [0, 0.1) is 11.3 Å². The van der Waals surface area contributed by atoms with Gasteiger partial charge in [0.15, 0.2) is 0 Å². The van der Waals surface area contributed by atoms with Gasteiger partial charge >= 0.3 is 0 Å². The molecular formula is C14H21Cl. The Bertz CT molecular complexity index is 292. The molecule has 0 aromatic heterocycles. The standard InChI is InChI=1S/C14H21Cl/c1-11-10-12(6-7-13(11)15)14(2)8-4-3-5-9-14/h6-7,12H,3-5,8-10H2,1-2H3. The molecule has 0 bridgehead atoms. The van der Waals surface area contributed by atoms with Crippen LogP contribution in [0.15, 0.2) is 22.8 Å². The van der Waals surface area contributed by atoms with Crippen LogP contribution in [0.5, 0.6) is 0 Å². The molecule has 0 aromatic rings. The third-order valence-corrected chi connectivity index (χ3v) is 4.75. The minimum atomic E-state index is 0.535. The molecule has 1 atom stereocenters. The molecular weight excluding hydrogens is 204 g/mol. The van der Waals surface area contributed by atoms with E-state index in [4.69, 9.17) is 11.6 Å². The van der Waals surface area contributed by atoms with Crippen molar-refractivity contribution >= 4 is 11.6 Å². The van der Waals surface area contributed by atoms with Crippen LogP contribution in [0.1, 0.15) is 52.4 Å². The van der Waals surface area contributed by atoms with Crippen molar-refractivity contribution in [2.24, 2.45) is 11.3 Å². The van der Waals surface area contributed by atoms with Crippen LogP contribution in [-0.2, 0) is 0 Å². The zero-order valence-electron chi connectivity index (χ0n) is 9.85. The van der Waals surface area contributed by atoms with Crippen LogP contribution in [0.25, 0.3) is 0 Å². The van der Waals surface area contributed by atoms with Gasteiger partial charge < -0.3 is 0 Å². The zero-order valence-corrected chi connectivity index (χ0v) is 10.6. The van der Waals surface area contributed by atoms with E-state index in [2.05, 4.69) is 26.0 Å². The second-order valence-corrected chi connectivity index (χ2v) is 5.92. The van der Waals surface area contributed by atoms with E-state index in [-0.39, 0.29) is 0 Å². The molecule has 0 saturated heterocycles. The molecule has 1 unspecified atom stereocenters. The van der Waals surface area contributed by atoms with Crippen molar-refractivity contribution in [3.8, 4) is 0 Å². The maximum absolute atomic E-state index is 6.11. The van der Waals surface area contributed by atoms with Gasteiger partial charge in [-0.1, -0.05) is 49.4 Å². The smallest absolute Gasteiger partial charge is 0.0392 e. The first-order valence-electron chi connectivity index (χ1n) is 6.15. The third-order valence-electron chi connectivity index (χ3n) is 4.30. The predicted molar refractivity (Wildman–Crippen MR) is 67.0 cm³/mol. The van der Waals surface area contributed by atoms with Crippen LogP contribution in [0.4, 0.5) is 0 Å². The Kier molecular flexibility index (Phi) is 3.25. The Morgan fingerprint density at radius 3 is 2.53 bits per heavy atom. The molecule has 2 rings (SSSR count). The van der Waals surface area contributed by atoms with E-state index in [1.54, 1.807) is 0 Å². The number of hydrogen-bond acceptors (Lipinski definition) is 0. The van der Waals surface area contributed by atoms with Gasteiger partial charge in [0.25, 0.3) is 0 Å². The lowest BCUT2D eigenvalue weighted by Crippen LogP contribution is -2.29. The molecule has 0 aromatic carbocycles. The summed E-state index contributed by atoms with van der Waals surface area (Å²) in [5.41, 5.74) is 1.91. The summed E-state index contributed by atoms with van der Waals surface area (Å²) in [7, 11) is 0. The fourth-order valence-corrected chi connectivity index (χ4v) is 3.20. The Morgan fingerprint density at radius 2 is 1.93 bits per heavy atom. The van der Waals surface area contributed by atoms with Crippen LogP contribution in [-0.4, -0.2) is 0 Å². The van der Waals surface area contributed by atoms with E-state index in [1.807, 2.05) is 0 Å². The molecule has 0 spiro atoms. The molecule has 1 heteroatoms. The Labute approximate surface area is 98.4 Å². The van der Waals surface area contributed by atoms with E-state index < -0.39 is 0 Å². The van der Waals surface area contributed by atoms with Gasteiger partial charge in [0.05, 0.1) is 0 Å². The molecule has 0 N–H and O–H groups in total. The van der Waals surface area contributed by atoms with E-state index in [1.165, 1.54) is 44.1 Å². The third kappa shape index (κ3) is 2.30. The monoisotopic (exact) mass is 224 g/mol. The van der Waals surface area contributed by atoms with Gasteiger partial charge in [0, 0.05) is 5.03 Å². The van der Waals surface area contributed by atoms with Gasteiger partial charge in [0.2, 0.25) is 0 Å². The lowest BCUT2D eigenvalue weighted by atomic mass is 9.65. The van der Waals surface area contributed by atoms with Crippen molar-refractivity contribution in [3.05, 3.63) is 22.8 Å². The molecule has 0 heterocycles. The van der Waals surface area contributed by atoms with Crippen LogP contribution in [0.2, 0.25) is 0 Å². The average molecular weight is 225 g/mol. The quantitative estimate of drug-likeness (QED) is 0.585. The fourth-order valence-electron chi connectivity index (χ4n) is 3.05. The summed E-state index contributed by atoms with van der Waals surface area (Å²) in [5, 5.41) is 0.964. The highest BCUT2D eigenvalue weighted by Gasteiger charge is 2.34. The van der Waals surface area contributed by atoms with Gasteiger partial charge in [-0.3, -0.25) is 0 Å². The summed E-state index contributed by atoms with van der Waals surface area (Å²) in [6.45, 7) is 4.64. The van der Waals surface area contributed by atoms with E-state index >= 15 is 0 Å². The van der Waals surface area contributed by atoms with Crippen LogP contribution < -0.4 is 0 Å². The first kappa shape index (κ1) is 11.3. The highest BCUT2D eigenvalue weighted by Crippen LogP contribution is 2.46. The summed E-state index contributed by atoms with van der Waals surface area (Å²) >= 11 is 6.11. The van der Waals surface area contributed by atoms with E-state index in [0.29, 0.717) is 5.41 Å². The van der Waals surface area contributed by atoms with Crippen molar-refractivity contribution < 1.29 is 0 Å². The minimum absolute atomic E-state index is 0.535. The predicted octanol–water partition coefficient (Wildman–Crippen LogP) is 5.05. The van der Waals surface area contributed by atoms with Gasteiger partial charge in [-0.05, 0) is 43.6 Å². The number of hydrogen-bond donors (Lipinski definition) is 0. The second-order valence-electron chi connectivity index (χ2n) is 5.51. The molecule has 1 saturated carbocycles. The lowest BCUT2D eigenvalue weighted by Gasteiger charge is -2.41. The number of allylic oxidation sites excluding steroid dienone is 4. The first-order valence-corrected chi connectivity index (χ1v) is 6.53. The van der Waals surface area contributed by atoms with Crippen molar-refractivity contribution in [2.45, 2.75) is 52.4 Å². The number of halogens is 1. The molecule has 15 heavy (non-hydrogen) atoms. The SMILES string of the molecule is CC1=C(Cl)C=CC(C2(C)CCCCC2)C1. The van der Waals surface area contributed by atoms with Gasteiger partial charge in [-0.2, -0.15) is 0 Å². The zero-order chi connectivity index (χ0) is 10.9. The highest BCUT2D eigenvalue weighted by molar-refractivity contribution is 6.31. The van der Waals surface area contributed by atoms with Gasteiger partial charge in [-0.25, -0.2) is 0 Å². The average Bonchev–Trinajstić information content (AvgIpc) is 2.23. The molecule has 0 radical (unpaired) electrons. The van der Waals surface area contributed by atoms with Crippen molar-refractivity contribution in [2.75, 3.05) is 0 Å². The molecule has 84 valence electrons. The molecule has 0 nitrogen and oxygen atoms in total. The van der Waals surface area contributed by atoms with E-state index in [9.17, 15) is 0 Å². The van der Waals surface area contributed by atoms with Crippen molar-refractivity contribution in [1.82, 2.24) is 0 Å². The summed E-state index contributed by atoms with van der Waals surface area (Å²) in [5.74, 6) is 0.722.